The predicted octanol–water partition coefficient (Wildman–Crippen LogP) is 2.87. The highest BCUT2D eigenvalue weighted by atomic mass is 32.1. The van der Waals surface area contributed by atoms with Crippen LogP contribution < -0.4 is 4.90 Å². The van der Waals surface area contributed by atoms with Crippen LogP contribution in [0.1, 0.15) is 32.0 Å². The van der Waals surface area contributed by atoms with Crippen molar-refractivity contribution < 1.29 is 19.1 Å². The summed E-state index contributed by atoms with van der Waals surface area (Å²) in [7, 11) is 1.45. The van der Waals surface area contributed by atoms with Crippen LogP contribution in [0.15, 0.2) is 18.2 Å². The summed E-state index contributed by atoms with van der Waals surface area (Å²) < 4.78 is 17.4. The number of amides is 1. The summed E-state index contributed by atoms with van der Waals surface area (Å²) in [6.45, 7) is 3.24. The minimum absolute atomic E-state index is 0.0102. The molecule has 0 saturated carbocycles. The van der Waals surface area contributed by atoms with Gasteiger partial charge in [-0.05, 0) is 49.1 Å². The van der Waals surface area contributed by atoms with Gasteiger partial charge in [0.05, 0.1) is 5.69 Å². The molecule has 7 heteroatoms. The first-order valence-electron chi connectivity index (χ1n) is 6.06. The Kier molecular flexibility index (Phi) is 4.04. The van der Waals surface area contributed by atoms with Crippen LogP contribution in [-0.2, 0) is 0 Å². The molecule has 1 aromatic heterocycles. The molecule has 1 N–H and O–H groups in total. The fourth-order valence-corrected chi connectivity index (χ4v) is 2.82. The van der Waals surface area contributed by atoms with Gasteiger partial charge in [0.2, 0.25) is 0 Å². The van der Waals surface area contributed by atoms with Crippen molar-refractivity contribution in [2.24, 2.45) is 0 Å². The van der Waals surface area contributed by atoms with E-state index in [1.165, 1.54) is 18.0 Å². The average molecular weight is 308 g/mol. The summed E-state index contributed by atoms with van der Waals surface area (Å²) in [5.41, 5.74) is 1.12. The van der Waals surface area contributed by atoms with E-state index in [1.807, 2.05) is 0 Å². The van der Waals surface area contributed by atoms with E-state index in [1.54, 1.807) is 19.9 Å². The molecule has 0 bridgehead atoms. The number of carboxylic acids is 1. The number of rotatable bonds is 3. The average Bonchev–Trinajstić information content (AvgIpc) is 2.77. The topological polar surface area (TPSA) is 70.5 Å². The van der Waals surface area contributed by atoms with Gasteiger partial charge in [0.1, 0.15) is 16.4 Å². The van der Waals surface area contributed by atoms with E-state index < -0.39 is 17.7 Å². The fraction of sp³-hybridized carbons (Fsp3) is 0.214. The van der Waals surface area contributed by atoms with Gasteiger partial charge in [-0.25, -0.2) is 9.18 Å². The van der Waals surface area contributed by atoms with Crippen LogP contribution in [0.3, 0.4) is 0 Å². The highest BCUT2D eigenvalue weighted by Crippen LogP contribution is 2.29. The molecule has 1 heterocycles. The summed E-state index contributed by atoms with van der Waals surface area (Å²) in [5, 5.41) is 9.42. The number of carbonyl (C=O) groups excluding carboxylic acids is 1. The quantitative estimate of drug-likeness (QED) is 0.946. The lowest BCUT2D eigenvalue weighted by Gasteiger charge is -2.16. The third-order valence-corrected chi connectivity index (χ3v) is 3.97. The number of carbonyl (C=O) groups is 2. The second-order valence-corrected chi connectivity index (χ2v) is 5.39. The maximum atomic E-state index is 13.4. The number of hydrogen-bond donors (Lipinski definition) is 1. The molecule has 0 radical (unpaired) electrons. The molecule has 0 saturated heterocycles. The zero-order chi connectivity index (χ0) is 15.7. The van der Waals surface area contributed by atoms with E-state index in [0.717, 1.165) is 17.6 Å². The highest BCUT2D eigenvalue weighted by molar-refractivity contribution is 7.11. The Labute approximate surface area is 124 Å². The number of aromatic nitrogens is 1. The van der Waals surface area contributed by atoms with Crippen molar-refractivity contribution in [2.45, 2.75) is 13.8 Å². The van der Waals surface area contributed by atoms with E-state index in [0.29, 0.717) is 11.3 Å². The first-order chi connectivity index (χ1) is 9.81. The number of aromatic carboxylic acids is 1. The maximum absolute atomic E-state index is 13.4. The van der Waals surface area contributed by atoms with Crippen LogP contribution in [-0.4, -0.2) is 28.4 Å². The summed E-state index contributed by atoms with van der Waals surface area (Å²) in [4.78, 5) is 24.8. The Morgan fingerprint density at radius 3 is 2.52 bits per heavy atom. The first-order valence-corrected chi connectivity index (χ1v) is 6.83. The van der Waals surface area contributed by atoms with Crippen molar-refractivity contribution in [3.05, 3.63) is 46.4 Å². The number of aryl methyl sites for hydroxylation is 2. The van der Waals surface area contributed by atoms with Crippen molar-refractivity contribution in [3.63, 3.8) is 0 Å². The summed E-state index contributed by atoms with van der Waals surface area (Å²) in [6.07, 6.45) is 0. The molecule has 2 rings (SSSR count). The Balaban J connectivity index is 2.42. The third kappa shape index (κ3) is 2.92. The van der Waals surface area contributed by atoms with Gasteiger partial charge in [0.15, 0.2) is 0 Å². The second-order valence-electron chi connectivity index (χ2n) is 4.63. The Morgan fingerprint density at radius 1 is 1.29 bits per heavy atom. The lowest BCUT2D eigenvalue weighted by Crippen LogP contribution is -2.27. The summed E-state index contributed by atoms with van der Waals surface area (Å²) >= 11 is 0.924. The van der Waals surface area contributed by atoms with E-state index in [9.17, 15) is 19.1 Å². The number of benzene rings is 1. The second kappa shape index (κ2) is 5.61. The molecule has 0 aliphatic heterocycles. The van der Waals surface area contributed by atoms with E-state index in [4.69, 9.17) is 0 Å². The van der Waals surface area contributed by atoms with Crippen LogP contribution in [0.25, 0.3) is 0 Å². The number of nitrogens with zero attached hydrogens (tertiary/aromatic N) is 2. The third-order valence-electron chi connectivity index (χ3n) is 2.96. The lowest BCUT2D eigenvalue weighted by molar-refractivity contribution is 0.0697. The smallest absolute Gasteiger partial charge is 0.340 e. The maximum Gasteiger partial charge on any atom is 0.340 e. The van der Waals surface area contributed by atoms with Gasteiger partial charge in [-0.15, -0.1) is 0 Å². The molecule has 1 aromatic carbocycles. The minimum atomic E-state index is -1.15. The monoisotopic (exact) mass is 308 g/mol. The van der Waals surface area contributed by atoms with Gasteiger partial charge in [0.25, 0.3) is 5.91 Å². The van der Waals surface area contributed by atoms with Crippen LogP contribution in [0.5, 0.6) is 0 Å². The summed E-state index contributed by atoms with van der Waals surface area (Å²) in [6, 6.07) is 3.99. The van der Waals surface area contributed by atoms with E-state index in [-0.39, 0.29) is 16.1 Å². The number of halogens is 1. The van der Waals surface area contributed by atoms with Crippen LogP contribution in [0.4, 0.5) is 9.39 Å². The molecule has 1 amide bonds. The zero-order valence-corrected chi connectivity index (χ0v) is 12.5. The van der Waals surface area contributed by atoms with Crippen molar-refractivity contribution >= 4 is 28.4 Å². The Morgan fingerprint density at radius 2 is 1.95 bits per heavy atom. The molecule has 2 aromatic rings. The molecule has 0 spiro atoms. The van der Waals surface area contributed by atoms with Gasteiger partial charge >= 0.3 is 5.97 Å². The normalized spacial score (nSPS) is 10.5. The standard InChI is InChI=1S/C14H13FN2O3S/c1-7-4-9(6-10(15)5-7)12(18)17(3)13-11(14(19)20)8(2)16-21-13/h4-6H,1-3H3,(H,19,20). The Hall–Kier alpha value is -2.28. The zero-order valence-electron chi connectivity index (χ0n) is 11.7. The molecule has 0 aliphatic carbocycles. The molecule has 0 atom stereocenters. The SMILES string of the molecule is Cc1cc(F)cc(C(=O)N(C)c2snc(C)c2C(=O)O)c1. The largest absolute Gasteiger partial charge is 0.478 e. The summed E-state index contributed by atoms with van der Waals surface area (Å²) in [5.74, 6) is -2.14. The lowest BCUT2D eigenvalue weighted by atomic mass is 10.1. The van der Waals surface area contributed by atoms with Gasteiger partial charge in [-0.2, -0.15) is 4.37 Å². The van der Waals surface area contributed by atoms with Gasteiger partial charge < -0.3 is 10.0 Å². The molecule has 5 nitrogen and oxygen atoms in total. The minimum Gasteiger partial charge on any atom is -0.478 e. The highest BCUT2D eigenvalue weighted by Gasteiger charge is 2.24. The Bertz CT molecular complexity index is 707. The molecule has 0 unspecified atom stereocenters. The van der Waals surface area contributed by atoms with Crippen molar-refractivity contribution in [1.82, 2.24) is 4.37 Å². The predicted molar refractivity (Wildman–Crippen MR) is 77.7 cm³/mol. The number of hydrogen-bond acceptors (Lipinski definition) is 4. The van der Waals surface area contributed by atoms with Crippen LogP contribution in [0.2, 0.25) is 0 Å². The fourth-order valence-electron chi connectivity index (χ4n) is 1.98. The number of anilines is 1. The van der Waals surface area contributed by atoms with Crippen molar-refractivity contribution in [2.75, 3.05) is 11.9 Å². The van der Waals surface area contributed by atoms with Gasteiger partial charge in [-0.3, -0.25) is 4.79 Å². The van der Waals surface area contributed by atoms with Crippen LogP contribution in [0, 0.1) is 19.7 Å². The van der Waals surface area contributed by atoms with Crippen molar-refractivity contribution in [1.29, 1.82) is 0 Å². The van der Waals surface area contributed by atoms with Crippen molar-refractivity contribution in [3.8, 4) is 0 Å². The number of carboxylic acid groups (broad SMARTS) is 1. The van der Waals surface area contributed by atoms with Gasteiger partial charge in [0, 0.05) is 12.6 Å². The first kappa shape index (κ1) is 15.1. The van der Waals surface area contributed by atoms with Gasteiger partial charge in [-0.1, -0.05) is 0 Å². The molecular formula is C14H13FN2O3S. The molecular weight excluding hydrogens is 295 g/mol. The molecule has 21 heavy (non-hydrogen) atoms. The molecule has 0 fully saturated rings. The van der Waals surface area contributed by atoms with E-state index in [2.05, 4.69) is 4.37 Å². The molecule has 110 valence electrons. The van der Waals surface area contributed by atoms with E-state index >= 15 is 0 Å². The van der Waals surface area contributed by atoms with Crippen LogP contribution >= 0.6 is 11.5 Å². The molecule has 0 aliphatic rings.